The van der Waals surface area contributed by atoms with Crippen molar-refractivity contribution < 1.29 is 19.7 Å². The summed E-state index contributed by atoms with van der Waals surface area (Å²) >= 11 is 0. The number of amides is 1. The number of imidazole rings is 1. The molecule has 2 unspecified atom stereocenters. The molecule has 1 aliphatic rings. The molecule has 100 valence electrons. The van der Waals surface area contributed by atoms with E-state index < -0.39 is 18.7 Å². The second-order valence-electron chi connectivity index (χ2n) is 3.90. The van der Waals surface area contributed by atoms with Gasteiger partial charge in [-0.2, -0.15) is 0 Å². The predicted molar refractivity (Wildman–Crippen MR) is 60.1 cm³/mol. The fraction of sp³-hybridized carbons (Fsp3) is 0.556. The third kappa shape index (κ3) is 2.29. The maximum Gasteiger partial charge on any atom is 0.274 e. The van der Waals surface area contributed by atoms with E-state index in [2.05, 4.69) is 15.3 Å². The molecule has 0 saturated heterocycles. The maximum atomic E-state index is 11.5. The van der Waals surface area contributed by atoms with E-state index in [0.717, 1.165) is 0 Å². The van der Waals surface area contributed by atoms with E-state index in [-0.39, 0.29) is 18.3 Å². The van der Waals surface area contributed by atoms with Gasteiger partial charge < -0.3 is 25.3 Å². The third-order valence-corrected chi connectivity index (χ3v) is 2.63. The van der Waals surface area contributed by atoms with E-state index in [4.69, 9.17) is 20.7 Å². The van der Waals surface area contributed by atoms with Crippen molar-refractivity contribution in [2.75, 3.05) is 11.6 Å². The molecule has 2 heterocycles. The highest BCUT2D eigenvalue weighted by Crippen LogP contribution is 2.20. The first-order valence-electron chi connectivity index (χ1n) is 5.35. The summed E-state index contributed by atoms with van der Waals surface area (Å²) < 4.78 is 5.22. The minimum Gasteiger partial charge on any atom is -0.366 e. The van der Waals surface area contributed by atoms with Gasteiger partial charge in [-0.3, -0.25) is 15.4 Å². The van der Waals surface area contributed by atoms with Gasteiger partial charge in [-0.15, -0.1) is 0 Å². The predicted octanol–water partition coefficient (Wildman–Crippen LogP) is -2.12. The summed E-state index contributed by atoms with van der Waals surface area (Å²) in [4.78, 5) is 19.7. The van der Waals surface area contributed by atoms with Gasteiger partial charge >= 0.3 is 0 Å². The van der Waals surface area contributed by atoms with Crippen LogP contribution in [-0.4, -0.2) is 51.5 Å². The molecule has 0 radical (unpaired) electrons. The first-order chi connectivity index (χ1) is 8.50. The molecule has 0 spiro atoms. The number of anilines is 1. The van der Waals surface area contributed by atoms with Crippen LogP contribution in [0.2, 0.25) is 0 Å². The number of aliphatic hydroxyl groups excluding tert-OH is 1. The molecule has 1 aliphatic heterocycles. The highest BCUT2D eigenvalue weighted by atomic mass is 16.6. The Balaban J connectivity index is 2.09. The van der Waals surface area contributed by atoms with Crippen molar-refractivity contribution in [2.24, 2.45) is 5.73 Å². The number of aromatic amines is 1. The summed E-state index contributed by atoms with van der Waals surface area (Å²) in [6.07, 6.45) is -1.77. The number of nitrogens with one attached hydrogen (secondary N) is 2. The summed E-state index contributed by atoms with van der Waals surface area (Å²) in [6, 6.07) is 0. The summed E-state index contributed by atoms with van der Waals surface area (Å²) in [5, 5.41) is 20.3. The van der Waals surface area contributed by atoms with Crippen LogP contribution < -0.4 is 16.0 Å². The quantitative estimate of drug-likeness (QED) is 0.389. The van der Waals surface area contributed by atoms with Crippen molar-refractivity contribution >= 4 is 11.7 Å². The number of rotatable bonds is 4. The largest absolute Gasteiger partial charge is 0.366 e. The van der Waals surface area contributed by atoms with E-state index in [1.54, 1.807) is 0 Å². The number of nitrogens with two attached hydrogens (primary N) is 1. The molecule has 2 rings (SSSR count). The number of carbonyl (C=O) groups is 1. The average molecular weight is 257 g/mol. The van der Waals surface area contributed by atoms with Gasteiger partial charge in [-0.1, -0.05) is 0 Å². The van der Waals surface area contributed by atoms with Crippen LogP contribution in [0.25, 0.3) is 0 Å². The van der Waals surface area contributed by atoms with E-state index in [1.165, 1.54) is 18.2 Å². The first-order valence-corrected chi connectivity index (χ1v) is 5.35. The molecule has 9 heteroatoms. The summed E-state index contributed by atoms with van der Waals surface area (Å²) in [5.41, 5.74) is 6.03. The Morgan fingerprint density at radius 1 is 1.67 bits per heavy atom. The summed E-state index contributed by atoms with van der Waals surface area (Å²) in [7, 11) is 0. The number of fused-ring (bicyclic) bond motifs is 1. The van der Waals surface area contributed by atoms with Crippen LogP contribution in [0.15, 0.2) is 6.33 Å². The molecule has 9 nitrogen and oxygen atoms in total. The molecule has 0 saturated carbocycles. The van der Waals surface area contributed by atoms with Gasteiger partial charge in [0.15, 0.2) is 18.4 Å². The van der Waals surface area contributed by atoms with Crippen LogP contribution in [-0.2, 0) is 4.74 Å². The van der Waals surface area contributed by atoms with Crippen molar-refractivity contribution in [3.8, 4) is 0 Å². The van der Waals surface area contributed by atoms with Crippen LogP contribution in [0.1, 0.15) is 17.4 Å². The van der Waals surface area contributed by atoms with Gasteiger partial charge in [-0.25, -0.2) is 4.98 Å². The number of aliphatic hydroxyl groups is 2. The van der Waals surface area contributed by atoms with Crippen molar-refractivity contribution in [2.45, 2.75) is 25.6 Å². The lowest BCUT2D eigenvalue weighted by Gasteiger charge is -2.34. The second kappa shape index (κ2) is 4.90. The van der Waals surface area contributed by atoms with Gasteiger partial charge in [0.1, 0.15) is 18.5 Å². The molecule has 0 aliphatic carbocycles. The van der Waals surface area contributed by atoms with Gasteiger partial charge in [0.25, 0.3) is 5.91 Å². The number of ether oxygens (including phenoxy) is 1. The van der Waals surface area contributed by atoms with Gasteiger partial charge in [0.05, 0.1) is 6.33 Å². The lowest BCUT2D eigenvalue weighted by molar-refractivity contribution is -0.138. The van der Waals surface area contributed by atoms with E-state index in [9.17, 15) is 4.79 Å². The highest BCUT2D eigenvalue weighted by molar-refractivity contribution is 5.99. The topological polar surface area (TPSA) is 137 Å². The van der Waals surface area contributed by atoms with Crippen LogP contribution >= 0.6 is 0 Å². The number of carbonyl (C=O) groups excluding carboxylic acids is 1. The molecule has 0 aromatic carbocycles. The van der Waals surface area contributed by atoms with Crippen molar-refractivity contribution in [1.82, 2.24) is 15.3 Å². The molecule has 1 aromatic rings. The Labute approximate surface area is 103 Å². The number of aromatic nitrogens is 2. The number of nitrogens with zero attached hydrogens (tertiary/aromatic N) is 2. The maximum absolute atomic E-state index is 11.5. The molecule has 0 bridgehead atoms. The highest BCUT2D eigenvalue weighted by Gasteiger charge is 2.31. The minimum absolute atomic E-state index is 0.0297. The Kier molecular flexibility index (Phi) is 3.48. The van der Waals surface area contributed by atoms with Crippen molar-refractivity contribution in [3.05, 3.63) is 12.0 Å². The SMILES string of the molecule is CC(OCN1c2nc[nH]c2C(=O)NC1N)C(O)O. The zero-order valence-electron chi connectivity index (χ0n) is 9.70. The van der Waals surface area contributed by atoms with E-state index in [0.29, 0.717) is 5.82 Å². The lowest BCUT2D eigenvalue weighted by atomic mass is 10.3. The Hall–Kier alpha value is -1.68. The zero-order valence-corrected chi connectivity index (χ0v) is 9.70. The monoisotopic (exact) mass is 257 g/mol. The lowest BCUT2D eigenvalue weighted by Crippen LogP contribution is -2.59. The zero-order chi connectivity index (χ0) is 13.3. The van der Waals surface area contributed by atoms with Crippen LogP contribution in [0, 0.1) is 0 Å². The molecule has 0 fully saturated rings. The summed E-state index contributed by atoms with van der Waals surface area (Å²) in [6.45, 7) is 1.47. The summed E-state index contributed by atoms with van der Waals surface area (Å²) in [5.74, 6) is 0.0207. The third-order valence-electron chi connectivity index (χ3n) is 2.63. The number of hydrogen-bond acceptors (Lipinski definition) is 7. The Bertz CT molecular complexity index is 434. The molecule has 1 amide bonds. The standard InChI is InChI=1S/C9H15N5O4/c1-4(8(16)17)18-3-14-6-5(11-2-12-6)7(15)13-9(14)10/h2,4,8-9,16-17H,3,10H2,1H3,(H,11,12)(H,13,15). The average Bonchev–Trinajstić information content (AvgIpc) is 2.77. The molecular weight excluding hydrogens is 242 g/mol. The van der Waals surface area contributed by atoms with Gasteiger partial charge in [-0.05, 0) is 6.92 Å². The van der Waals surface area contributed by atoms with Crippen LogP contribution in [0.4, 0.5) is 5.82 Å². The normalized spacial score (nSPS) is 20.8. The van der Waals surface area contributed by atoms with Crippen molar-refractivity contribution in [1.29, 1.82) is 0 Å². The minimum atomic E-state index is -1.58. The Morgan fingerprint density at radius 2 is 2.39 bits per heavy atom. The van der Waals surface area contributed by atoms with Crippen molar-refractivity contribution in [3.63, 3.8) is 0 Å². The molecule has 2 atom stereocenters. The fourth-order valence-electron chi connectivity index (χ4n) is 1.51. The smallest absolute Gasteiger partial charge is 0.274 e. The Morgan fingerprint density at radius 3 is 3.06 bits per heavy atom. The van der Waals surface area contributed by atoms with Crippen LogP contribution in [0.5, 0.6) is 0 Å². The van der Waals surface area contributed by atoms with E-state index >= 15 is 0 Å². The van der Waals surface area contributed by atoms with Gasteiger partial charge in [0.2, 0.25) is 0 Å². The fourth-order valence-corrected chi connectivity index (χ4v) is 1.51. The number of hydrogen-bond donors (Lipinski definition) is 5. The number of H-pyrrole nitrogens is 1. The first kappa shape index (κ1) is 12.8. The second-order valence-corrected chi connectivity index (χ2v) is 3.90. The van der Waals surface area contributed by atoms with Gasteiger partial charge in [0, 0.05) is 0 Å². The van der Waals surface area contributed by atoms with E-state index in [1.807, 2.05) is 0 Å². The molecule has 6 N–H and O–H groups in total. The molecular formula is C9H15N5O4. The molecule has 1 aromatic heterocycles. The van der Waals surface area contributed by atoms with Crippen LogP contribution in [0.3, 0.4) is 0 Å². The molecule has 18 heavy (non-hydrogen) atoms.